The summed E-state index contributed by atoms with van der Waals surface area (Å²) in [6.45, 7) is 10.4. The van der Waals surface area contributed by atoms with Crippen LogP contribution in [0.1, 0.15) is 69.4 Å². The number of carbonyl (C=O) groups is 5. The third-order valence-corrected chi connectivity index (χ3v) is 6.45. The second-order valence-corrected chi connectivity index (χ2v) is 11.2. The van der Waals surface area contributed by atoms with Gasteiger partial charge in [0.2, 0.25) is 11.8 Å². The molecule has 0 spiro atoms. The van der Waals surface area contributed by atoms with E-state index in [-0.39, 0.29) is 23.5 Å². The molecule has 222 valence electrons. The molecular formula is C31H40N2O8. The lowest BCUT2D eigenvalue weighted by atomic mass is 9.86. The van der Waals surface area contributed by atoms with Crippen LogP contribution in [0.4, 0.5) is 0 Å². The lowest BCUT2D eigenvalue weighted by Gasteiger charge is -2.25. The van der Waals surface area contributed by atoms with Crippen LogP contribution in [0.15, 0.2) is 42.5 Å². The van der Waals surface area contributed by atoms with Crippen LogP contribution in [0.3, 0.4) is 0 Å². The highest BCUT2D eigenvalue weighted by atomic mass is 16.5. The Hall–Kier alpha value is -4.21. The predicted molar refractivity (Wildman–Crippen MR) is 153 cm³/mol. The van der Waals surface area contributed by atoms with Gasteiger partial charge in [0.05, 0.1) is 20.0 Å². The molecule has 0 aromatic heterocycles. The van der Waals surface area contributed by atoms with E-state index in [4.69, 9.17) is 9.47 Å². The van der Waals surface area contributed by atoms with Crippen LogP contribution >= 0.6 is 0 Å². The van der Waals surface area contributed by atoms with Gasteiger partial charge in [0, 0.05) is 11.1 Å². The summed E-state index contributed by atoms with van der Waals surface area (Å²) in [5.74, 6) is -2.77. The molecule has 0 aliphatic carbocycles. The summed E-state index contributed by atoms with van der Waals surface area (Å²) in [7, 11) is 1.44. The lowest BCUT2D eigenvalue weighted by Crippen LogP contribution is -2.54. The maximum Gasteiger partial charge on any atom is 0.305 e. The van der Waals surface area contributed by atoms with Gasteiger partial charge in [0.25, 0.3) is 0 Å². The fourth-order valence-electron chi connectivity index (χ4n) is 4.21. The number of carboxylic acids is 1. The second-order valence-electron chi connectivity index (χ2n) is 11.2. The van der Waals surface area contributed by atoms with E-state index in [2.05, 4.69) is 10.6 Å². The van der Waals surface area contributed by atoms with Gasteiger partial charge < -0.3 is 25.2 Å². The lowest BCUT2D eigenvalue weighted by molar-refractivity contribution is -0.141. The van der Waals surface area contributed by atoms with E-state index in [0.29, 0.717) is 22.6 Å². The van der Waals surface area contributed by atoms with Crippen molar-refractivity contribution in [2.24, 2.45) is 5.92 Å². The van der Waals surface area contributed by atoms with Gasteiger partial charge in [-0.3, -0.25) is 24.0 Å². The standard InChI is InChI=1S/C31H40N2O8/c1-18(2)29(33-27(36)15-21-14-20(19(3)34)12-13-25(21)40-7)30(39)32-23(16-28(37)38)24(35)17-41-26-11-9-8-10-22(26)31(4,5)6/h8-14,18,23,29H,15-17H2,1-7H3,(H,32,39)(H,33,36)(H,37,38)/t23-,29-/m0/s1. The van der Waals surface area contributed by atoms with E-state index in [1.165, 1.54) is 14.0 Å². The first-order valence-corrected chi connectivity index (χ1v) is 13.4. The summed E-state index contributed by atoms with van der Waals surface area (Å²) in [4.78, 5) is 62.5. The average Bonchev–Trinajstić information content (AvgIpc) is 2.89. The number of amides is 2. The number of aliphatic carboxylic acids is 1. The Balaban J connectivity index is 2.16. The van der Waals surface area contributed by atoms with E-state index in [9.17, 15) is 29.1 Å². The minimum Gasteiger partial charge on any atom is -0.496 e. The first-order chi connectivity index (χ1) is 19.1. The van der Waals surface area contributed by atoms with Crippen LogP contribution < -0.4 is 20.1 Å². The van der Waals surface area contributed by atoms with Gasteiger partial charge in [-0.1, -0.05) is 52.8 Å². The van der Waals surface area contributed by atoms with Gasteiger partial charge in [0.15, 0.2) is 11.6 Å². The number of carbonyl (C=O) groups excluding carboxylic acids is 4. The summed E-state index contributed by atoms with van der Waals surface area (Å²) in [5.41, 5.74) is 1.50. The minimum absolute atomic E-state index is 0.167. The molecule has 2 aromatic carbocycles. The van der Waals surface area contributed by atoms with Crippen molar-refractivity contribution in [3.63, 3.8) is 0 Å². The van der Waals surface area contributed by atoms with Crippen molar-refractivity contribution in [2.45, 2.75) is 71.9 Å². The Bertz CT molecular complexity index is 1280. The molecule has 0 aliphatic heterocycles. The number of methoxy groups -OCH3 is 1. The number of Topliss-reactive ketones (excluding diaryl/α,β-unsaturated/α-hetero) is 2. The van der Waals surface area contributed by atoms with Crippen molar-refractivity contribution >= 4 is 29.4 Å². The van der Waals surface area contributed by atoms with Crippen LogP contribution in [-0.4, -0.2) is 60.3 Å². The van der Waals surface area contributed by atoms with Crippen molar-refractivity contribution in [1.82, 2.24) is 10.6 Å². The fourth-order valence-corrected chi connectivity index (χ4v) is 4.21. The second kappa shape index (κ2) is 14.4. The number of para-hydroxylation sites is 1. The molecule has 0 unspecified atom stereocenters. The maximum absolute atomic E-state index is 13.2. The zero-order valence-electron chi connectivity index (χ0n) is 24.7. The SMILES string of the molecule is COc1ccc(C(C)=O)cc1CC(=O)N[C@H](C(=O)N[C@@H](CC(=O)O)C(=O)COc1ccccc1C(C)(C)C)C(C)C. The van der Waals surface area contributed by atoms with E-state index in [1.54, 1.807) is 44.2 Å². The quantitative estimate of drug-likeness (QED) is 0.293. The largest absolute Gasteiger partial charge is 0.496 e. The van der Waals surface area contributed by atoms with Crippen molar-refractivity contribution in [3.8, 4) is 11.5 Å². The van der Waals surface area contributed by atoms with Gasteiger partial charge in [-0.25, -0.2) is 0 Å². The number of carboxylic acid groups (broad SMARTS) is 1. The molecule has 0 aliphatic rings. The number of ketones is 2. The van der Waals surface area contributed by atoms with Crippen molar-refractivity contribution in [3.05, 3.63) is 59.2 Å². The molecule has 3 N–H and O–H groups in total. The molecule has 2 aromatic rings. The molecule has 0 saturated heterocycles. The number of ether oxygens (including phenoxy) is 2. The first kappa shape index (κ1) is 33.0. The number of hydrogen-bond donors (Lipinski definition) is 3. The smallest absolute Gasteiger partial charge is 0.305 e. The van der Waals surface area contributed by atoms with Crippen molar-refractivity contribution in [2.75, 3.05) is 13.7 Å². The fraction of sp³-hybridized carbons (Fsp3) is 0.452. The van der Waals surface area contributed by atoms with E-state index in [1.807, 2.05) is 32.9 Å². The van der Waals surface area contributed by atoms with Gasteiger partial charge >= 0.3 is 5.97 Å². The molecule has 2 rings (SSSR count). The monoisotopic (exact) mass is 568 g/mol. The Morgan fingerprint density at radius 1 is 0.951 bits per heavy atom. The molecule has 0 bridgehead atoms. The van der Waals surface area contributed by atoms with Crippen LogP contribution in [-0.2, 0) is 31.0 Å². The van der Waals surface area contributed by atoms with Gasteiger partial charge in [-0.2, -0.15) is 0 Å². The summed E-state index contributed by atoms with van der Waals surface area (Å²) >= 11 is 0. The molecule has 0 fully saturated rings. The summed E-state index contributed by atoms with van der Waals surface area (Å²) in [6.07, 6.45) is -0.818. The Morgan fingerprint density at radius 2 is 1.61 bits per heavy atom. The normalized spacial score (nSPS) is 12.7. The van der Waals surface area contributed by atoms with Gasteiger partial charge in [-0.15, -0.1) is 0 Å². The van der Waals surface area contributed by atoms with Crippen molar-refractivity contribution in [1.29, 1.82) is 0 Å². The molecule has 10 heteroatoms. The van der Waals surface area contributed by atoms with E-state index >= 15 is 0 Å². The predicted octanol–water partition coefficient (Wildman–Crippen LogP) is 3.49. The number of nitrogens with one attached hydrogen (secondary N) is 2. The summed E-state index contributed by atoms with van der Waals surface area (Å²) in [6, 6.07) is 9.57. The van der Waals surface area contributed by atoms with Crippen LogP contribution in [0.5, 0.6) is 11.5 Å². The van der Waals surface area contributed by atoms with E-state index < -0.39 is 48.7 Å². The van der Waals surface area contributed by atoms with E-state index in [0.717, 1.165) is 5.56 Å². The first-order valence-electron chi connectivity index (χ1n) is 13.4. The summed E-state index contributed by atoms with van der Waals surface area (Å²) in [5, 5.41) is 14.6. The molecule has 41 heavy (non-hydrogen) atoms. The van der Waals surface area contributed by atoms with Gasteiger partial charge in [-0.05, 0) is 48.1 Å². The Morgan fingerprint density at radius 3 is 2.17 bits per heavy atom. The third kappa shape index (κ3) is 9.73. The Labute approximate surface area is 240 Å². The molecule has 0 saturated carbocycles. The number of hydrogen-bond acceptors (Lipinski definition) is 7. The maximum atomic E-state index is 13.2. The highest BCUT2D eigenvalue weighted by molar-refractivity contribution is 5.96. The van der Waals surface area contributed by atoms with Gasteiger partial charge in [0.1, 0.15) is 30.2 Å². The minimum atomic E-state index is -1.37. The third-order valence-electron chi connectivity index (χ3n) is 6.45. The molecule has 10 nitrogen and oxygen atoms in total. The highest BCUT2D eigenvalue weighted by Gasteiger charge is 2.31. The molecule has 0 heterocycles. The van der Waals surface area contributed by atoms with Crippen LogP contribution in [0.25, 0.3) is 0 Å². The molecule has 2 amide bonds. The van der Waals surface area contributed by atoms with Crippen LogP contribution in [0, 0.1) is 5.92 Å². The zero-order valence-corrected chi connectivity index (χ0v) is 24.7. The summed E-state index contributed by atoms with van der Waals surface area (Å²) < 4.78 is 11.1. The van der Waals surface area contributed by atoms with Crippen LogP contribution in [0.2, 0.25) is 0 Å². The zero-order chi connectivity index (χ0) is 30.9. The molecular weight excluding hydrogens is 528 g/mol. The number of rotatable bonds is 14. The molecule has 2 atom stereocenters. The number of benzene rings is 2. The average molecular weight is 569 g/mol. The molecule has 0 radical (unpaired) electrons. The highest BCUT2D eigenvalue weighted by Crippen LogP contribution is 2.31. The van der Waals surface area contributed by atoms with Crippen molar-refractivity contribution < 1.29 is 38.6 Å². The topological polar surface area (TPSA) is 148 Å². The Kier molecular flexibility index (Phi) is 11.6.